The second kappa shape index (κ2) is 4.02. The van der Waals surface area contributed by atoms with Crippen molar-refractivity contribution in [2.24, 2.45) is 10.9 Å². The molecule has 0 saturated heterocycles. The van der Waals surface area contributed by atoms with E-state index in [0.29, 0.717) is 6.04 Å². The molecule has 2 aliphatic heterocycles. The Hall–Kier alpha value is -1.45. The first-order valence-electron chi connectivity index (χ1n) is 6.96. The van der Waals surface area contributed by atoms with Crippen molar-refractivity contribution in [1.29, 1.82) is 0 Å². The SMILES string of the molecule is CN1C[C@H](CO)C=C2C3=CC=CC4N=CC(=C34)C[C@H]21. The van der Waals surface area contributed by atoms with E-state index in [1.54, 1.807) is 0 Å². The fourth-order valence-electron chi connectivity index (χ4n) is 3.75. The first-order valence-corrected chi connectivity index (χ1v) is 6.96. The van der Waals surface area contributed by atoms with E-state index in [1.807, 2.05) is 0 Å². The first-order chi connectivity index (χ1) is 9.28. The summed E-state index contributed by atoms with van der Waals surface area (Å²) in [5.41, 5.74) is 5.54. The van der Waals surface area contributed by atoms with E-state index >= 15 is 0 Å². The molecule has 0 fully saturated rings. The maximum atomic E-state index is 9.47. The summed E-state index contributed by atoms with van der Waals surface area (Å²) in [7, 11) is 2.16. The summed E-state index contributed by atoms with van der Waals surface area (Å²) in [6.45, 7) is 1.17. The van der Waals surface area contributed by atoms with Crippen molar-refractivity contribution < 1.29 is 5.11 Å². The Morgan fingerprint density at radius 2 is 2.37 bits per heavy atom. The van der Waals surface area contributed by atoms with E-state index in [9.17, 15) is 5.11 Å². The van der Waals surface area contributed by atoms with Crippen molar-refractivity contribution in [1.82, 2.24) is 4.90 Å². The molecule has 3 atom stereocenters. The molecule has 2 heterocycles. The number of aliphatic imine (C=N–C) groups is 1. The third kappa shape index (κ3) is 1.55. The van der Waals surface area contributed by atoms with Crippen LogP contribution in [-0.2, 0) is 0 Å². The molecule has 4 rings (SSSR count). The van der Waals surface area contributed by atoms with Crippen LogP contribution in [0.25, 0.3) is 0 Å². The van der Waals surface area contributed by atoms with Crippen molar-refractivity contribution >= 4 is 6.21 Å². The van der Waals surface area contributed by atoms with Crippen molar-refractivity contribution in [3.05, 3.63) is 46.6 Å². The lowest BCUT2D eigenvalue weighted by molar-refractivity contribution is 0.171. The zero-order chi connectivity index (χ0) is 13.0. The predicted octanol–water partition coefficient (Wildman–Crippen LogP) is 1.48. The van der Waals surface area contributed by atoms with Gasteiger partial charge >= 0.3 is 0 Å². The highest BCUT2D eigenvalue weighted by Gasteiger charge is 2.38. The molecule has 3 nitrogen and oxygen atoms in total. The van der Waals surface area contributed by atoms with Gasteiger partial charge in [-0.15, -0.1) is 0 Å². The number of likely N-dealkylation sites (N-methyl/N-ethyl adjacent to an activating group) is 1. The molecule has 0 aromatic rings. The Morgan fingerprint density at radius 1 is 1.47 bits per heavy atom. The average Bonchev–Trinajstić information content (AvgIpc) is 2.85. The van der Waals surface area contributed by atoms with E-state index < -0.39 is 0 Å². The van der Waals surface area contributed by atoms with Gasteiger partial charge in [-0.2, -0.15) is 0 Å². The van der Waals surface area contributed by atoms with E-state index in [1.165, 1.54) is 22.3 Å². The zero-order valence-corrected chi connectivity index (χ0v) is 11.1. The van der Waals surface area contributed by atoms with Crippen LogP contribution in [0.2, 0.25) is 0 Å². The van der Waals surface area contributed by atoms with E-state index in [-0.39, 0.29) is 18.6 Å². The summed E-state index contributed by atoms with van der Waals surface area (Å²) in [6.07, 6.45) is 11.9. The molecule has 19 heavy (non-hydrogen) atoms. The third-order valence-electron chi connectivity index (χ3n) is 4.67. The minimum absolute atomic E-state index is 0.232. The van der Waals surface area contributed by atoms with Gasteiger partial charge in [-0.3, -0.25) is 9.89 Å². The highest BCUT2D eigenvalue weighted by atomic mass is 16.3. The molecule has 1 unspecified atom stereocenters. The Balaban J connectivity index is 1.85. The van der Waals surface area contributed by atoms with Crippen LogP contribution in [-0.4, -0.2) is 48.5 Å². The van der Waals surface area contributed by atoms with Gasteiger partial charge in [-0.1, -0.05) is 24.3 Å². The minimum atomic E-state index is 0.232. The van der Waals surface area contributed by atoms with Crippen LogP contribution >= 0.6 is 0 Å². The van der Waals surface area contributed by atoms with Gasteiger partial charge in [0, 0.05) is 24.7 Å². The van der Waals surface area contributed by atoms with Crippen LogP contribution in [0.5, 0.6) is 0 Å². The Bertz CT molecular complexity index is 580. The van der Waals surface area contributed by atoms with Crippen LogP contribution in [0, 0.1) is 5.92 Å². The standard InChI is InChI=1S/C16H18N2O/c1-18-8-10(9-19)5-13-12-3-2-4-14-16(12)11(7-17-14)6-15(13)18/h2-5,7,10,14-15,19H,6,8-9H2,1H3/t10-,14?,15-/m1/s1. The molecule has 0 amide bonds. The fourth-order valence-corrected chi connectivity index (χ4v) is 3.75. The molecule has 3 heteroatoms. The molecule has 98 valence electrons. The zero-order valence-electron chi connectivity index (χ0n) is 11.1. The number of aliphatic hydroxyl groups is 1. The van der Waals surface area contributed by atoms with E-state index in [4.69, 9.17) is 0 Å². The summed E-state index contributed by atoms with van der Waals surface area (Å²) in [6, 6.07) is 0.682. The molecule has 0 radical (unpaired) electrons. The molecular formula is C16H18N2O. The summed E-state index contributed by atoms with van der Waals surface area (Å²) < 4.78 is 0. The maximum absolute atomic E-state index is 9.47. The number of nitrogens with zero attached hydrogens (tertiary/aromatic N) is 2. The van der Waals surface area contributed by atoms with Gasteiger partial charge in [0.25, 0.3) is 0 Å². The maximum Gasteiger partial charge on any atom is 0.0942 e. The van der Waals surface area contributed by atoms with Crippen LogP contribution in [0.15, 0.2) is 51.6 Å². The largest absolute Gasteiger partial charge is 0.396 e. The lowest BCUT2D eigenvalue weighted by atomic mass is 9.74. The molecule has 0 spiro atoms. The number of fused-ring (bicyclic) bond motifs is 2. The molecule has 2 aliphatic carbocycles. The van der Waals surface area contributed by atoms with E-state index in [2.05, 4.69) is 47.5 Å². The lowest BCUT2D eigenvalue weighted by Crippen LogP contribution is -2.44. The Morgan fingerprint density at radius 3 is 3.21 bits per heavy atom. The number of aliphatic hydroxyl groups excluding tert-OH is 1. The Kier molecular flexibility index (Phi) is 2.41. The molecule has 1 N–H and O–H groups in total. The van der Waals surface area contributed by atoms with Gasteiger partial charge in [-0.05, 0) is 35.8 Å². The smallest absolute Gasteiger partial charge is 0.0942 e. The third-order valence-corrected chi connectivity index (χ3v) is 4.67. The highest BCUT2D eigenvalue weighted by Crippen LogP contribution is 2.44. The van der Waals surface area contributed by atoms with Crippen LogP contribution in [0.3, 0.4) is 0 Å². The van der Waals surface area contributed by atoms with Gasteiger partial charge in [0.1, 0.15) is 0 Å². The van der Waals surface area contributed by atoms with Crippen molar-refractivity contribution in [2.75, 3.05) is 20.2 Å². The first kappa shape index (κ1) is 11.4. The van der Waals surface area contributed by atoms with Gasteiger partial charge in [-0.25, -0.2) is 0 Å². The Labute approximate surface area is 113 Å². The normalized spacial score (nSPS) is 36.0. The van der Waals surface area contributed by atoms with Crippen LogP contribution in [0.1, 0.15) is 6.42 Å². The fraction of sp³-hybridized carbons (Fsp3) is 0.438. The summed E-state index contributed by atoms with van der Waals surface area (Å²) in [5, 5.41) is 9.47. The monoisotopic (exact) mass is 254 g/mol. The van der Waals surface area contributed by atoms with Gasteiger partial charge < -0.3 is 5.11 Å². The van der Waals surface area contributed by atoms with Gasteiger partial charge in [0.05, 0.1) is 12.6 Å². The van der Waals surface area contributed by atoms with E-state index in [0.717, 1.165) is 13.0 Å². The second-order valence-corrected chi connectivity index (χ2v) is 5.85. The minimum Gasteiger partial charge on any atom is -0.396 e. The molecule has 0 aromatic heterocycles. The number of hydrogen-bond acceptors (Lipinski definition) is 3. The average molecular weight is 254 g/mol. The molecule has 0 saturated carbocycles. The molecule has 4 aliphatic rings. The molecular weight excluding hydrogens is 236 g/mol. The van der Waals surface area contributed by atoms with Crippen molar-refractivity contribution in [3.63, 3.8) is 0 Å². The van der Waals surface area contributed by atoms with Crippen molar-refractivity contribution in [2.45, 2.75) is 18.5 Å². The number of allylic oxidation sites excluding steroid dienone is 2. The topological polar surface area (TPSA) is 35.8 Å². The summed E-state index contributed by atoms with van der Waals surface area (Å²) >= 11 is 0. The van der Waals surface area contributed by atoms with Crippen LogP contribution < -0.4 is 0 Å². The van der Waals surface area contributed by atoms with Crippen molar-refractivity contribution in [3.8, 4) is 0 Å². The summed E-state index contributed by atoms with van der Waals surface area (Å²) in [5.74, 6) is 0.256. The lowest BCUT2D eigenvalue weighted by Gasteiger charge is -2.41. The molecule has 0 bridgehead atoms. The van der Waals surface area contributed by atoms with Gasteiger partial charge in [0.15, 0.2) is 0 Å². The van der Waals surface area contributed by atoms with Gasteiger partial charge in [0.2, 0.25) is 0 Å². The summed E-state index contributed by atoms with van der Waals surface area (Å²) in [4.78, 5) is 6.98. The number of hydrogen-bond donors (Lipinski definition) is 1. The predicted molar refractivity (Wildman–Crippen MR) is 76.2 cm³/mol. The second-order valence-electron chi connectivity index (χ2n) is 5.85. The highest BCUT2D eigenvalue weighted by molar-refractivity contribution is 5.89. The quantitative estimate of drug-likeness (QED) is 0.769. The molecule has 0 aromatic carbocycles. The number of rotatable bonds is 1. The van der Waals surface area contributed by atoms with Crippen LogP contribution in [0.4, 0.5) is 0 Å².